The van der Waals surface area contributed by atoms with Gasteiger partial charge in [-0.2, -0.15) is 5.10 Å². The van der Waals surface area contributed by atoms with E-state index in [4.69, 9.17) is 9.26 Å². The molecule has 5 rings (SSSR count). The first kappa shape index (κ1) is 17.3. The number of nitrogens with one attached hydrogen (secondary N) is 1. The van der Waals surface area contributed by atoms with E-state index in [-0.39, 0.29) is 6.10 Å². The standard InChI is InChI=1S/C24H19N3O2/c1-2-5-17(6-3-1)15-24(20-7-4-8-23-21(20)16-25-26-23)29-19-11-9-18(10-12-19)22-13-14-28-27-22/h1-14,16,24H,15H2,(H,25,26). The van der Waals surface area contributed by atoms with Crippen LogP contribution >= 0.6 is 0 Å². The van der Waals surface area contributed by atoms with E-state index in [1.54, 1.807) is 6.26 Å². The first-order valence-corrected chi connectivity index (χ1v) is 9.50. The molecule has 0 bridgehead atoms. The van der Waals surface area contributed by atoms with Crippen molar-refractivity contribution in [3.05, 3.63) is 102 Å². The highest BCUT2D eigenvalue weighted by molar-refractivity contribution is 5.82. The van der Waals surface area contributed by atoms with Crippen molar-refractivity contribution in [3.8, 4) is 17.0 Å². The molecule has 29 heavy (non-hydrogen) atoms. The third-order valence-corrected chi connectivity index (χ3v) is 5.00. The van der Waals surface area contributed by atoms with Crippen molar-refractivity contribution in [1.82, 2.24) is 15.4 Å². The first-order chi connectivity index (χ1) is 14.4. The van der Waals surface area contributed by atoms with Gasteiger partial charge < -0.3 is 9.26 Å². The number of ether oxygens (including phenoxy) is 1. The number of H-pyrrole nitrogens is 1. The fourth-order valence-corrected chi connectivity index (χ4v) is 3.55. The van der Waals surface area contributed by atoms with Crippen LogP contribution in [0.25, 0.3) is 22.2 Å². The second kappa shape index (κ2) is 7.64. The molecule has 0 fully saturated rings. The second-order valence-corrected chi connectivity index (χ2v) is 6.88. The van der Waals surface area contributed by atoms with E-state index in [1.807, 2.05) is 54.7 Å². The van der Waals surface area contributed by atoms with Crippen molar-refractivity contribution in [2.24, 2.45) is 0 Å². The van der Waals surface area contributed by atoms with Crippen LogP contribution in [-0.4, -0.2) is 15.4 Å². The highest BCUT2D eigenvalue weighted by atomic mass is 16.5. The van der Waals surface area contributed by atoms with Gasteiger partial charge in [-0.25, -0.2) is 0 Å². The summed E-state index contributed by atoms with van der Waals surface area (Å²) < 4.78 is 11.4. The van der Waals surface area contributed by atoms with Crippen molar-refractivity contribution in [3.63, 3.8) is 0 Å². The molecule has 0 saturated heterocycles. The molecule has 1 atom stereocenters. The summed E-state index contributed by atoms with van der Waals surface area (Å²) in [6.45, 7) is 0. The minimum Gasteiger partial charge on any atom is -0.485 e. The summed E-state index contributed by atoms with van der Waals surface area (Å²) in [6.07, 6.45) is 4.05. The largest absolute Gasteiger partial charge is 0.485 e. The number of hydrogen-bond donors (Lipinski definition) is 1. The van der Waals surface area contributed by atoms with Gasteiger partial charge in [0.1, 0.15) is 23.8 Å². The molecule has 0 aliphatic rings. The van der Waals surface area contributed by atoms with Crippen molar-refractivity contribution in [2.45, 2.75) is 12.5 Å². The third-order valence-electron chi connectivity index (χ3n) is 5.00. The maximum absolute atomic E-state index is 6.47. The molecule has 0 aliphatic carbocycles. The Bertz CT molecular complexity index is 1200. The zero-order valence-electron chi connectivity index (χ0n) is 15.7. The maximum Gasteiger partial charge on any atom is 0.128 e. The Balaban J connectivity index is 1.48. The lowest BCUT2D eigenvalue weighted by molar-refractivity contribution is 0.208. The number of aromatic nitrogens is 3. The van der Waals surface area contributed by atoms with Crippen LogP contribution in [0, 0.1) is 0 Å². The average molecular weight is 381 g/mol. The Kier molecular flexibility index (Phi) is 4.54. The van der Waals surface area contributed by atoms with Crippen LogP contribution in [0.3, 0.4) is 0 Å². The van der Waals surface area contributed by atoms with Gasteiger partial charge in [-0.15, -0.1) is 0 Å². The van der Waals surface area contributed by atoms with Crippen LogP contribution in [0.1, 0.15) is 17.2 Å². The van der Waals surface area contributed by atoms with Gasteiger partial charge in [0.2, 0.25) is 0 Å². The van der Waals surface area contributed by atoms with Gasteiger partial charge in [0, 0.05) is 29.0 Å². The number of aromatic amines is 1. The second-order valence-electron chi connectivity index (χ2n) is 6.88. The highest BCUT2D eigenvalue weighted by Gasteiger charge is 2.18. The SMILES string of the molecule is c1ccc(CC(Oc2ccc(-c3ccon3)cc2)c2cccc3[nH]ncc23)cc1. The highest BCUT2D eigenvalue weighted by Crippen LogP contribution is 2.31. The lowest BCUT2D eigenvalue weighted by Crippen LogP contribution is -2.11. The molecule has 0 aliphatic heterocycles. The number of benzene rings is 3. The van der Waals surface area contributed by atoms with Gasteiger partial charge in [0.25, 0.3) is 0 Å². The summed E-state index contributed by atoms with van der Waals surface area (Å²) in [6, 6.07) is 26.3. The average Bonchev–Trinajstić information content (AvgIpc) is 3.46. The van der Waals surface area contributed by atoms with E-state index >= 15 is 0 Å². The predicted octanol–water partition coefficient (Wildman–Crippen LogP) is 5.58. The quantitative estimate of drug-likeness (QED) is 0.417. The summed E-state index contributed by atoms with van der Waals surface area (Å²) in [5, 5.41) is 12.3. The molecule has 142 valence electrons. The number of fused-ring (bicyclic) bond motifs is 1. The Morgan fingerprint density at radius 3 is 2.55 bits per heavy atom. The number of rotatable bonds is 6. The van der Waals surface area contributed by atoms with Crippen LogP contribution in [-0.2, 0) is 6.42 Å². The molecule has 5 nitrogen and oxygen atoms in total. The molecule has 2 heterocycles. The van der Waals surface area contributed by atoms with E-state index in [2.05, 4.69) is 45.7 Å². The van der Waals surface area contributed by atoms with Gasteiger partial charge in [0.15, 0.2) is 0 Å². The van der Waals surface area contributed by atoms with Gasteiger partial charge in [-0.1, -0.05) is 47.6 Å². The topological polar surface area (TPSA) is 63.9 Å². The molecule has 3 aromatic carbocycles. The fraction of sp³-hybridized carbons (Fsp3) is 0.0833. The Hall–Kier alpha value is -3.86. The van der Waals surface area contributed by atoms with Crippen LogP contribution in [0.2, 0.25) is 0 Å². The molecule has 1 N–H and O–H groups in total. The predicted molar refractivity (Wildman–Crippen MR) is 112 cm³/mol. The minimum atomic E-state index is -0.142. The van der Waals surface area contributed by atoms with Crippen LogP contribution in [0.15, 0.2) is 95.8 Å². The van der Waals surface area contributed by atoms with Gasteiger partial charge in [-0.05, 0) is 35.9 Å². The smallest absolute Gasteiger partial charge is 0.128 e. The normalized spacial score (nSPS) is 12.1. The molecule has 0 amide bonds. The summed E-state index contributed by atoms with van der Waals surface area (Å²) in [5.74, 6) is 0.804. The maximum atomic E-state index is 6.47. The number of hydrogen-bond acceptors (Lipinski definition) is 4. The third kappa shape index (κ3) is 3.62. The molecular weight excluding hydrogens is 362 g/mol. The lowest BCUT2D eigenvalue weighted by Gasteiger charge is -2.21. The molecule has 5 aromatic rings. The summed E-state index contributed by atoms with van der Waals surface area (Å²) in [4.78, 5) is 0. The van der Waals surface area contributed by atoms with Crippen LogP contribution in [0.5, 0.6) is 5.75 Å². The summed E-state index contributed by atoms with van der Waals surface area (Å²) in [5.41, 5.74) is 5.13. The summed E-state index contributed by atoms with van der Waals surface area (Å²) >= 11 is 0. The van der Waals surface area contributed by atoms with Gasteiger partial charge >= 0.3 is 0 Å². The van der Waals surface area contributed by atoms with Crippen LogP contribution < -0.4 is 4.74 Å². The lowest BCUT2D eigenvalue weighted by atomic mass is 9.98. The number of nitrogens with zero attached hydrogens (tertiary/aromatic N) is 2. The first-order valence-electron chi connectivity index (χ1n) is 9.50. The van der Waals surface area contributed by atoms with Gasteiger partial charge in [0.05, 0.1) is 11.7 Å². The zero-order chi connectivity index (χ0) is 19.5. The molecule has 2 aromatic heterocycles. The van der Waals surface area contributed by atoms with Crippen LogP contribution in [0.4, 0.5) is 0 Å². The molecular formula is C24H19N3O2. The van der Waals surface area contributed by atoms with Gasteiger partial charge in [-0.3, -0.25) is 5.10 Å². The van der Waals surface area contributed by atoms with E-state index in [0.717, 1.165) is 39.9 Å². The molecule has 0 spiro atoms. The van der Waals surface area contributed by atoms with E-state index in [1.165, 1.54) is 5.56 Å². The Labute approximate surface area is 167 Å². The minimum absolute atomic E-state index is 0.142. The monoisotopic (exact) mass is 381 g/mol. The molecule has 0 saturated carbocycles. The van der Waals surface area contributed by atoms with Crippen molar-refractivity contribution in [2.75, 3.05) is 0 Å². The van der Waals surface area contributed by atoms with Crippen molar-refractivity contribution < 1.29 is 9.26 Å². The Morgan fingerprint density at radius 1 is 0.897 bits per heavy atom. The molecule has 1 unspecified atom stereocenters. The molecule has 5 heteroatoms. The van der Waals surface area contributed by atoms with E-state index in [0.29, 0.717) is 0 Å². The molecule has 0 radical (unpaired) electrons. The summed E-state index contributed by atoms with van der Waals surface area (Å²) in [7, 11) is 0. The van der Waals surface area contributed by atoms with Crippen molar-refractivity contribution in [1.29, 1.82) is 0 Å². The van der Waals surface area contributed by atoms with E-state index < -0.39 is 0 Å². The van der Waals surface area contributed by atoms with Crippen molar-refractivity contribution >= 4 is 10.9 Å². The van der Waals surface area contributed by atoms with E-state index in [9.17, 15) is 0 Å². The fourth-order valence-electron chi connectivity index (χ4n) is 3.55. The Morgan fingerprint density at radius 2 is 1.76 bits per heavy atom. The zero-order valence-corrected chi connectivity index (χ0v) is 15.7.